The molecule has 4 rings (SSSR count). The normalized spacial score (nSPS) is 11.7. The Hall–Kier alpha value is -3.61. The molecule has 0 aliphatic heterocycles. The first kappa shape index (κ1) is 21.6. The first-order valence-corrected chi connectivity index (χ1v) is 10.5. The van der Waals surface area contributed by atoms with Crippen molar-refractivity contribution in [3.63, 3.8) is 0 Å². The van der Waals surface area contributed by atoms with Gasteiger partial charge in [-0.1, -0.05) is 41.9 Å². The zero-order valence-corrected chi connectivity index (χ0v) is 18.2. The van der Waals surface area contributed by atoms with E-state index in [0.717, 1.165) is 16.9 Å². The minimum absolute atomic E-state index is 0.224. The van der Waals surface area contributed by atoms with Gasteiger partial charge in [0.15, 0.2) is 0 Å². The van der Waals surface area contributed by atoms with Crippen molar-refractivity contribution in [1.82, 2.24) is 15.1 Å². The molecule has 1 aromatic heterocycles. The molecule has 0 fully saturated rings. The fourth-order valence-corrected chi connectivity index (χ4v) is 3.59. The number of halogens is 1. The molecular weight excluding hydrogens is 426 g/mol. The number of aliphatic hydroxyl groups excluding tert-OH is 1. The van der Waals surface area contributed by atoms with Gasteiger partial charge in [-0.05, 0) is 60.2 Å². The summed E-state index contributed by atoms with van der Waals surface area (Å²) in [6.45, 7) is 1.20. The zero-order valence-electron chi connectivity index (χ0n) is 17.4. The van der Waals surface area contributed by atoms with Gasteiger partial charge in [-0.25, -0.2) is 4.68 Å². The Morgan fingerprint density at radius 2 is 1.75 bits per heavy atom. The molecule has 0 saturated heterocycles. The lowest BCUT2D eigenvalue weighted by Gasteiger charge is -2.21. The molecule has 7 heteroatoms. The maximum Gasteiger partial charge on any atom is 0.218 e. The van der Waals surface area contributed by atoms with Crippen molar-refractivity contribution >= 4 is 17.5 Å². The Labute approximate surface area is 191 Å². The van der Waals surface area contributed by atoms with Gasteiger partial charge >= 0.3 is 0 Å². The fraction of sp³-hybridized carbons (Fsp3) is 0.120. The van der Waals surface area contributed by atoms with Gasteiger partial charge in [-0.2, -0.15) is 5.10 Å². The second-order valence-corrected chi connectivity index (χ2v) is 7.66. The van der Waals surface area contributed by atoms with E-state index in [1.165, 1.54) is 6.92 Å². The number of nitrogens with one attached hydrogen (secondary N) is 1. The molecule has 1 unspecified atom stereocenters. The maximum atomic E-state index is 11.9. The number of hydrogen-bond donors (Lipinski definition) is 2. The van der Waals surface area contributed by atoms with Crippen LogP contribution >= 0.6 is 11.6 Å². The van der Waals surface area contributed by atoms with E-state index in [9.17, 15) is 9.90 Å². The van der Waals surface area contributed by atoms with Crippen molar-refractivity contribution in [2.24, 2.45) is 0 Å². The second-order valence-electron chi connectivity index (χ2n) is 7.22. The zero-order chi connectivity index (χ0) is 22.5. The highest BCUT2D eigenvalue weighted by Gasteiger charge is 2.21. The number of carbonyl (C=O) groups is 1. The molecule has 162 valence electrons. The van der Waals surface area contributed by atoms with E-state index in [1.807, 2.05) is 60.7 Å². The summed E-state index contributed by atoms with van der Waals surface area (Å²) in [4.78, 5) is 11.9. The molecule has 1 atom stereocenters. The van der Waals surface area contributed by atoms with E-state index >= 15 is 0 Å². The number of ether oxygens (including phenoxy) is 1. The molecule has 32 heavy (non-hydrogen) atoms. The topological polar surface area (TPSA) is 76.4 Å². The van der Waals surface area contributed by atoms with Gasteiger partial charge in [0.1, 0.15) is 17.7 Å². The van der Waals surface area contributed by atoms with Gasteiger partial charge < -0.3 is 15.2 Å². The monoisotopic (exact) mass is 447 g/mol. The summed E-state index contributed by atoms with van der Waals surface area (Å²) in [5.41, 5.74) is 2.83. The first-order valence-electron chi connectivity index (χ1n) is 10.1. The van der Waals surface area contributed by atoms with Crippen LogP contribution < -0.4 is 10.1 Å². The van der Waals surface area contributed by atoms with Gasteiger partial charge in [-0.15, -0.1) is 0 Å². The van der Waals surface area contributed by atoms with E-state index in [4.69, 9.17) is 16.3 Å². The molecule has 0 aliphatic rings. The van der Waals surface area contributed by atoms with Crippen LogP contribution in [0.15, 0.2) is 84.9 Å². The lowest BCUT2D eigenvalue weighted by Crippen LogP contribution is -2.33. The molecule has 0 bridgehead atoms. The van der Waals surface area contributed by atoms with Crippen molar-refractivity contribution in [2.75, 3.05) is 0 Å². The van der Waals surface area contributed by atoms with Crippen molar-refractivity contribution in [3.05, 3.63) is 101 Å². The van der Waals surface area contributed by atoms with Gasteiger partial charge in [0.25, 0.3) is 0 Å². The van der Waals surface area contributed by atoms with E-state index in [-0.39, 0.29) is 12.5 Å². The lowest BCUT2D eigenvalue weighted by atomic mass is 10.1. The lowest BCUT2D eigenvalue weighted by molar-refractivity contribution is -0.120. The molecule has 1 amide bonds. The summed E-state index contributed by atoms with van der Waals surface area (Å²) in [6, 6.07) is 26.1. The Morgan fingerprint density at radius 3 is 2.41 bits per heavy atom. The smallest absolute Gasteiger partial charge is 0.218 e. The molecule has 0 radical (unpaired) electrons. The van der Waals surface area contributed by atoms with Crippen LogP contribution in [-0.2, 0) is 11.4 Å². The molecule has 0 spiro atoms. The molecule has 0 aliphatic carbocycles. The number of rotatable bonds is 7. The maximum absolute atomic E-state index is 11.9. The van der Waals surface area contributed by atoms with Crippen LogP contribution in [0.3, 0.4) is 0 Å². The minimum Gasteiger partial charge on any atom is -0.457 e. The SMILES string of the molecule is CC(=O)NC(c1cccc(Cl)c1)n1nc(-c2ccc(Oc3ccccc3)cc2)cc1CO. The molecule has 2 N–H and O–H groups in total. The number of carbonyl (C=O) groups excluding carboxylic acids is 1. The summed E-state index contributed by atoms with van der Waals surface area (Å²) < 4.78 is 7.45. The standard InChI is InChI=1S/C25H22ClN3O3/c1-17(31)27-25(19-6-5-7-20(26)14-19)29-21(16-30)15-24(28-29)18-10-12-23(13-11-18)32-22-8-3-2-4-9-22/h2-15,25,30H,16H2,1H3,(H,27,31). The van der Waals surface area contributed by atoms with E-state index in [2.05, 4.69) is 10.4 Å². The first-order chi connectivity index (χ1) is 15.5. The highest BCUT2D eigenvalue weighted by atomic mass is 35.5. The number of benzene rings is 3. The highest BCUT2D eigenvalue weighted by molar-refractivity contribution is 6.30. The fourth-order valence-electron chi connectivity index (χ4n) is 3.39. The van der Waals surface area contributed by atoms with Crippen molar-refractivity contribution in [1.29, 1.82) is 0 Å². The van der Waals surface area contributed by atoms with Crippen LogP contribution in [0.1, 0.15) is 24.3 Å². The van der Waals surface area contributed by atoms with Crippen LogP contribution in [0.2, 0.25) is 5.02 Å². The molecule has 1 heterocycles. The molecule has 4 aromatic rings. The predicted octanol–water partition coefficient (Wildman–Crippen LogP) is 5.17. The van der Waals surface area contributed by atoms with Crippen molar-refractivity contribution in [2.45, 2.75) is 19.7 Å². The number of nitrogens with zero attached hydrogens (tertiary/aromatic N) is 2. The Bertz CT molecular complexity index is 1210. The Balaban J connectivity index is 1.65. The summed E-state index contributed by atoms with van der Waals surface area (Å²) >= 11 is 6.16. The summed E-state index contributed by atoms with van der Waals surface area (Å²) in [5, 5.41) is 18.1. The van der Waals surface area contributed by atoms with E-state index in [0.29, 0.717) is 22.2 Å². The number of aromatic nitrogens is 2. The molecule has 0 saturated carbocycles. The van der Waals surface area contributed by atoms with Gasteiger partial charge in [-0.3, -0.25) is 4.79 Å². The van der Waals surface area contributed by atoms with E-state index in [1.54, 1.807) is 28.9 Å². The third kappa shape index (κ3) is 4.99. The average molecular weight is 448 g/mol. The summed E-state index contributed by atoms with van der Waals surface area (Å²) in [5.74, 6) is 1.24. The molecule has 6 nitrogen and oxygen atoms in total. The largest absolute Gasteiger partial charge is 0.457 e. The number of amides is 1. The van der Waals surface area contributed by atoms with Crippen LogP contribution in [0.25, 0.3) is 11.3 Å². The third-order valence-electron chi connectivity index (χ3n) is 4.85. The number of hydrogen-bond acceptors (Lipinski definition) is 4. The quantitative estimate of drug-likeness (QED) is 0.409. The van der Waals surface area contributed by atoms with Gasteiger partial charge in [0, 0.05) is 17.5 Å². The van der Waals surface area contributed by atoms with Gasteiger partial charge in [0.2, 0.25) is 5.91 Å². The van der Waals surface area contributed by atoms with Crippen molar-refractivity contribution < 1.29 is 14.6 Å². The van der Waals surface area contributed by atoms with Crippen LogP contribution in [-0.4, -0.2) is 20.8 Å². The number of para-hydroxylation sites is 1. The third-order valence-corrected chi connectivity index (χ3v) is 5.09. The minimum atomic E-state index is -0.609. The van der Waals surface area contributed by atoms with Crippen LogP contribution in [0, 0.1) is 0 Å². The van der Waals surface area contributed by atoms with Crippen molar-refractivity contribution in [3.8, 4) is 22.8 Å². The molecule has 3 aromatic carbocycles. The number of aliphatic hydroxyl groups is 1. The predicted molar refractivity (Wildman–Crippen MR) is 124 cm³/mol. The van der Waals surface area contributed by atoms with Gasteiger partial charge in [0.05, 0.1) is 18.0 Å². The summed E-state index contributed by atoms with van der Waals surface area (Å²) in [6.07, 6.45) is -0.609. The van der Waals surface area contributed by atoms with E-state index < -0.39 is 6.17 Å². The molecular formula is C25H22ClN3O3. The van der Waals surface area contributed by atoms with Crippen LogP contribution in [0.4, 0.5) is 0 Å². The Kier molecular flexibility index (Phi) is 6.54. The Morgan fingerprint density at radius 1 is 1.03 bits per heavy atom. The summed E-state index contributed by atoms with van der Waals surface area (Å²) in [7, 11) is 0. The second kappa shape index (κ2) is 9.68. The van der Waals surface area contributed by atoms with Crippen LogP contribution in [0.5, 0.6) is 11.5 Å². The average Bonchev–Trinajstić information content (AvgIpc) is 3.23. The highest BCUT2D eigenvalue weighted by Crippen LogP contribution is 2.28.